The van der Waals surface area contributed by atoms with E-state index < -0.39 is 0 Å². The van der Waals surface area contributed by atoms with Crippen molar-refractivity contribution in [3.05, 3.63) is 29.8 Å². The fourth-order valence-electron chi connectivity index (χ4n) is 1.43. The summed E-state index contributed by atoms with van der Waals surface area (Å²) in [6, 6.07) is 7.35. The van der Waals surface area contributed by atoms with Gasteiger partial charge in [0.05, 0.1) is 6.61 Å². The summed E-state index contributed by atoms with van der Waals surface area (Å²) < 4.78 is 0. The van der Waals surface area contributed by atoms with Crippen LogP contribution in [0.25, 0.3) is 0 Å². The van der Waals surface area contributed by atoms with Gasteiger partial charge in [0, 0.05) is 18.2 Å². The summed E-state index contributed by atoms with van der Waals surface area (Å²) in [4.78, 5) is 0. The fourth-order valence-corrected chi connectivity index (χ4v) is 1.95. The molecule has 4 heteroatoms. The Hall–Kier alpha value is -0.710. The zero-order valence-electron chi connectivity index (χ0n) is 9.52. The number of nitrogens with one attached hydrogen (secondary N) is 1. The fraction of sp³-hybridized carbons (Fsp3) is 0.500. The van der Waals surface area contributed by atoms with Crippen molar-refractivity contribution < 1.29 is 10.2 Å². The molecule has 0 bridgehead atoms. The van der Waals surface area contributed by atoms with E-state index in [0.29, 0.717) is 12.3 Å². The number of aromatic hydroxyl groups is 1. The van der Waals surface area contributed by atoms with E-state index in [2.05, 4.69) is 11.6 Å². The van der Waals surface area contributed by atoms with Crippen molar-refractivity contribution in [2.75, 3.05) is 18.6 Å². The Morgan fingerprint density at radius 3 is 2.75 bits per heavy atom. The summed E-state index contributed by atoms with van der Waals surface area (Å²) in [5, 5.41) is 22.0. The molecule has 16 heavy (non-hydrogen) atoms. The maximum absolute atomic E-state index is 9.57. The highest BCUT2D eigenvalue weighted by Gasteiger charge is 2.07. The Morgan fingerprint density at radius 2 is 2.12 bits per heavy atom. The molecule has 0 aromatic heterocycles. The molecule has 0 aliphatic heterocycles. The van der Waals surface area contributed by atoms with Crippen molar-refractivity contribution in [3.8, 4) is 5.75 Å². The van der Waals surface area contributed by atoms with Gasteiger partial charge in [-0.2, -0.15) is 11.8 Å². The van der Waals surface area contributed by atoms with Gasteiger partial charge in [0.1, 0.15) is 5.75 Å². The van der Waals surface area contributed by atoms with Gasteiger partial charge < -0.3 is 15.5 Å². The van der Waals surface area contributed by atoms with Crippen molar-refractivity contribution in [2.24, 2.45) is 0 Å². The average molecular weight is 241 g/mol. The molecular weight excluding hydrogens is 222 g/mol. The van der Waals surface area contributed by atoms with Crippen LogP contribution in [0.2, 0.25) is 0 Å². The van der Waals surface area contributed by atoms with Gasteiger partial charge in [-0.3, -0.25) is 0 Å². The topological polar surface area (TPSA) is 52.5 Å². The minimum absolute atomic E-state index is 0.104. The molecule has 1 aromatic rings. The quantitative estimate of drug-likeness (QED) is 0.678. The number of hydrogen-bond donors (Lipinski definition) is 3. The SMILES string of the molecule is CSCCC(CO)NCc1ccccc1O. The number of hydrogen-bond acceptors (Lipinski definition) is 4. The van der Waals surface area contributed by atoms with Crippen molar-refractivity contribution in [1.29, 1.82) is 0 Å². The third-order valence-corrected chi connectivity index (χ3v) is 3.11. The van der Waals surface area contributed by atoms with Crippen LogP contribution in [-0.4, -0.2) is 34.9 Å². The minimum atomic E-state index is 0.104. The molecule has 0 saturated carbocycles. The van der Waals surface area contributed by atoms with Crippen molar-refractivity contribution in [1.82, 2.24) is 5.32 Å². The summed E-state index contributed by atoms with van der Waals surface area (Å²) in [7, 11) is 0. The lowest BCUT2D eigenvalue weighted by atomic mass is 10.1. The molecular formula is C12H19NO2S. The highest BCUT2D eigenvalue weighted by Crippen LogP contribution is 2.15. The summed E-state index contributed by atoms with van der Waals surface area (Å²) in [5.74, 6) is 1.33. The van der Waals surface area contributed by atoms with E-state index in [1.54, 1.807) is 23.9 Å². The molecule has 0 aliphatic rings. The van der Waals surface area contributed by atoms with Crippen LogP contribution in [0.15, 0.2) is 24.3 Å². The van der Waals surface area contributed by atoms with Gasteiger partial charge in [0.15, 0.2) is 0 Å². The first-order valence-electron chi connectivity index (χ1n) is 5.38. The van der Waals surface area contributed by atoms with Crippen molar-refractivity contribution in [2.45, 2.75) is 19.0 Å². The smallest absolute Gasteiger partial charge is 0.120 e. The lowest BCUT2D eigenvalue weighted by Crippen LogP contribution is -2.32. The van der Waals surface area contributed by atoms with Crippen LogP contribution in [-0.2, 0) is 6.54 Å². The van der Waals surface area contributed by atoms with Gasteiger partial charge in [-0.1, -0.05) is 18.2 Å². The van der Waals surface area contributed by atoms with Crippen LogP contribution in [0.1, 0.15) is 12.0 Å². The minimum Gasteiger partial charge on any atom is -0.508 e. The summed E-state index contributed by atoms with van der Waals surface area (Å²) in [6.07, 6.45) is 2.99. The van der Waals surface area contributed by atoms with Gasteiger partial charge in [-0.15, -0.1) is 0 Å². The largest absolute Gasteiger partial charge is 0.508 e. The Kier molecular flexibility index (Phi) is 6.30. The zero-order valence-corrected chi connectivity index (χ0v) is 10.3. The molecule has 90 valence electrons. The molecule has 1 rings (SSSR count). The molecule has 0 saturated heterocycles. The predicted octanol–water partition coefficient (Wildman–Crippen LogP) is 1.60. The Bertz CT molecular complexity index is 307. The predicted molar refractivity (Wildman–Crippen MR) is 68.8 cm³/mol. The molecule has 3 N–H and O–H groups in total. The van der Waals surface area contributed by atoms with Gasteiger partial charge in [0.2, 0.25) is 0 Å². The first-order chi connectivity index (χ1) is 7.77. The second-order valence-electron chi connectivity index (χ2n) is 3.67. The average Bonchev–Trinajstić information content (AvgIpc) is 2.31. The van der Waals surface area contributed by atoms with E-state index in [0.717, 1.165) is 17.7 Å². The zero-order chi connectivity index (χ0) is 11.8. The Morgan fingerprint density at radius 1 is 1.38 bits per heavy atom. The highest BCUT2D eigenvalue weighted by molar-refractivity contribution is 7.98. The maximum atomic E-state index is 9.57. The van der Waals surface area contributed by atoms with Gasteiger partial charge in [-0.05, 0) is 24.5 Å². The summed E-state index contributed by atoms with van der Waals surface area (Å²) >= 11 is 1.77. The third-order valence-electron chi connectivity index (χ3n) is 2.46. The summed E-state index contributed by atoms with van der Waals surface area (Å²) in [6.45, 7) is 0.723. The number of aliphatic hydroxyl groups excluding tert-OH is 1. The van der Waals surface area contributed by atoms with Crippen LogP contribution >= 0.6 is 11.8 Å². The standard InChI is InChI=1S/C12H19NO2S/c1-16-7-6-11(9-14)13-8-10-4-2-3-5-12(10)15/h2-5,11,13-15H,6-9H2,1H3. The number of thioether (sulfide) groups is 1. The molecule has 0 aliphatic carbocycles. The number of para-hydroxylation sites is 1. The number of benzene rings is 1. The molecule has 1 unspecified atom stereocenters. The van der Waals surface area contributed by atoms with Crippen molar-refractivity contribution >= 4 is 11.8 Å². The van der Waals surface area contributed by atoms with E-state index in [1.807, 2.05) is 12.1 Å². The molecule has 0 heterocycles. The van der Waals surface area contributed by atoms with Crippen LogP contribution in [0, 0.1) is 0 Å². The van der Waals surface area contributed by atoms with E-state index >= 15 is 0 Å². The second kappa shape index (κ2) is 7.54. The van der Waals surface area contributed by atoms with Gasteiger partial charge in [-0.25, -0.2) is 0 Å². The van der Waals surface area contributed by atoms with E-state index in [9.17, 15) is 5.11 Å². The summed E-state index contributed by atoms with van der Waals surface area (Å²) in [5.41, 5.74) is 0.866. The number of phenolic OH excluding ortho intramolecular Hbond substituents is 1. The monoisotopic (exact) mass is 241 g/mol. The Balaban J connectivity index is 2.40. The van der Waals surface area contributed by atoms with Crippen LogP contribution < -0.4 is 5.32 Å². The van der Waals surface area contributed by atoms with E-state index in [4.69, 9.17) is 5.11 Å². The van der Waals surface area contributed by atoms with E-state index in [-0.39, 0.29) is 12.6 Å². The molecule has 1 atom stereocenters. The number of phenols is 1. The second-order valence-corrected chi connectivity index (χ2v) is 4.66. The van der Waals surface area contributed by atoms with Gasteiger partial charge in [0.25, 0.3) is 0 Å². The normalized spacial score (nSPS) is 12.6. The maximum Gasteiger partial charge on any atom is 0.120 e. The molecule has 3 nitrogen and oxygen atoms in total. The van der Waals surface area contributed by atoms with Gasteiger partial charge >= 0.3 is 0 Å². The molecule has 0 fully saturated rings. The first kappa shape index (κ1) is 13.4. The lowest BCUT2D eigenvalue weighted by Gasteiger charge is -2.16. The van der Waals surface area contributed by atoms with Crippen LogP contribution in [0.5, 0.6) is 5.75 Å². The number of rotatable bonds is 7. The molecule has 0 amide bonds. The first-order valence-corrected chi connectivity index (χ1v) is 6.77. The highest BCUT2D eigenvalue weighted by atomic mass is 32.2. The number of aliphatic hydroxyl groups is 1. The third kappa shape index (κ3) is 4.43. The lowest BCUT2D eigenvalue weighted by molar-refractivity contribution is 0.238. The van der Waals surface area contributed by atoms with Crippen LogP contribution in [0.3, 0.4) is 0 Å². The van der Waals surface area contributed by atoms with E-state index in [1.165, 1.54) is 0 Å². The molecule has 0 radical (unpaired) electrons. The molecule has 0 spiro atoms. The molecule has 1 aromatic carbocycles. The van der Waals surface area contributed by atoms with Crippen LogP contribution in [0.4, 0.5) is 0 Å². The van der Waals surface area contributed by atoms with Crippen molar-refractivity contribution in [3.63, 3.8) is 0 Å². The Labute approximate surface area is 101 Å².